The van der Waals surface area contributed by atoms with Gasteiger partial charge in [0.25, 0.3) is 0 Å². The largest absolute Gasteiger partial charge is 0.420 e. The lowest BCUT2D eigenvalue weighted by Gasteiger charge is -2.29. The minimum Gasteiger partial charge on any atom is -0.408 e. The molecular weight excluding hydrogens is 440 g/mol. The number of fused-ring (bicyclic) bond motifs is 2. The number of rotatable bonds is 6. The Balaban J connectivity index is 1.48. The quantitative estimate of drug-likeness (QED) is 0.434. The van der Waals surface area contributed by atoms with E-state index in [1.807, 2.05) is 13.0 Å². The van der Waals surface area contributed by atoms with Gasteiger partial charge in [0, 0.05) is 26.2 Å². The summed E-state index contributed by atoms with van der Waals surface area (Å²) in [6.07, 6.45) is 0. The maximum atomic E-state index is 13.6. The molecule has 2 aromatic carbocycles. The molecule has 5 rings (SSSR count). The molecule has 0 N–H and O–H groups in total. The van der Waals surface area contributed by atoms with E-state index in [2.05, 4.69) is 24.0 Å². The molecule has 4 aromatic rings. The van der Waals surface area contributed by atoms with E-state index < -0.39 is 5.76 Å². The van der Waals surface area contributed by atoms with E-state index in [9.17, 15) is 9.59 Å². The van der Waals surface area contributed by atoms with Crippen LogP contribution in [0.25, 0.3) is 21.3 Å². The van der Waals surface area contributed by atoms with E-state index in [0.29, 0.717) is 42.5 Å². The second-order valence-electron chi connectivity index (χ2n) is 8.29. The summed E-state index contributed by atoms with van der Waals surface area (Å²) in [6.45, 7) is 8.26. The second kappa shape index (κ2) is 9.09. The molecule has 1 fully saturated rings. The Hall–Kier alpha value is -3.01. The SMILES string of the molecule is Cc1ccc(C)c2sc(N(CCN3CCOCC3)C(=O)Cn3c(=O)oc4ccccc43)nc12. The maximum Gasteiger partial charge on any atom is 0.420 e. The Kier molecular flexibility index (Phi) is 6.01. The Morgan fingerprint density at radius 2 is 1.88 bits per heavy atom. The first-order chi connectivity index (χ1) is 16.0. The summed E-state index contributed by atoms with van der Waals surface area (Å²) in [5.74, 6) is -0.722. The van der Waals surface area contributed by atoms with Crippen molar-refractivity contribution in [3.05, 3.63) is 58.1 Å². The average molecular weight is 467 g/mol. The molecule has 0 unspecified atom stereocenters. The normalized spacial score (nSPS) is 14.8. The zero-order valence-corrected chi connectivity index (χ0v) is 19.6. The number of oxazole rings is 1. The van der Waals surface area contributed by atoms with Crippen molar-refractivity contribution in [1.29, 1.82) is 0 Å². The van der Waals surface area contributed by atoms with Crippen molar-refractivity contribution in [3.63, 3.8) is 0 Å². The number of anilines is 1. The van der Waals surface area contributed by atoms with Gasteiger partial charge in [0.05, 0.1) is 28.9 Å². The van der Waals surface area contributed by atoms with Gasteiger partial charge in [0.1, 0.15) is 6.54 Å². The molecular formula is C24H26N4O4S. The predicted octanol–water partition coefficient (Wildman–Crippen LogP) is 3.19. The molecule has 8 nitrogen and oxygen atoms in total. The first-order valence-electron chi connectivity index (χ1n) is 11.1. The van der Waals surface area contributed by atoms with E-state index in [1.54, 1.807) is 23.1 Å². The van der Waals surface area contributed by atoms with Crippen LogP contribution in [0.1, 0.15) is 11.1 Å². The number of benzene rings is 2. The van der Waals surface area contributed by atoms with Crippen molar-refractivity contribution in [2.75, 3.05) is 44.3 Å². The number of nitrogens with zero attached hydrogens (tertiary/aromatic N) is 4. The molecule has 1 aliphatic rings. The standard InChI is InChI=1S/C24H26N4O4S/c1-16-7-8-17(2)22-21(16)25-23(33-22)27(10-9-26-11-13-31-14-12-26)20(29)15-28-18-5-3-4-6-19(18)32-24(28)30/h3-8H,9-15H2,1-2H3. The summed E-state index contributed by atoms with van der Waals surface area (Å²) in [5.41, 5.74) is 4.22. The number of carbonyl (C=O) groups excluding carboxylic acids is 1. The number of aromatic nitrogens is 2. The van der Waals surface area contributed by atoms with Crippen LogP contribution in [-0.4, -0.2) is 59.8 Å². The van der Waals surface area contributed by atoms with Gasteiger partial charge < -0.3 is 9.15 Å². The number of para-hydroxylation sites is 2. The van der Waals surface area contributed by atoms with Crippen LogP contribution in [0.15, 0.2) is 45.6 Å². The molecule has 1 aliphatic heterocycles. The third-order valence-electron chi connectivity index (χ3n) is 6.07. The molecule has 0 atom stereocenters. The first kappa shape index (κ1) is 21.8. The Morgan fingerprint density at radius 1 is 1.12 bits per heavy atom. The highest BCUT2D eigenvalue weighted by Gasteiger charge is 2.24. The molecule has 0 bridgehead atoms. The number of hydrogen-bond donors (Lipinski definition) is 0. The Labute approximate surface area is 195 Å². The molecule has 33 heavy (non-hydrogen) atoms. The summed E-state index contributed by atoms with van der Waals surface area (Å²) in [4.78, 5) is 34.9. The van der Waals surface area contributed by atoms with E-state index in [0.717, 1.165) is 34.4 Å². The van der Waals surface area contributed by atoms with Gasteiger partial charge in [-0.1, -0.05) is 35.6 Å². The van der Waals surface area contributed by atoms with Crippen LogP contribution in [0.4, 0.5) is 5.13 Å². The molecule has 9 heteroatoms. The minimum absolute atomic E-state index is 0.104. The van der Waals surface area contributed by atoms with Crippen LogP contribution in [0.2, 0.25) is 0 Å². The van der Waals surface area contributed by atoms with Gasteiger partial charge in [-0.25, -0.2) is 9.78 Å². The molecule has 0 spiro atoms. The zero-order chi connectivity index (χ0) is 22.9. The summed E-state index contributed by atoms with van der Waals surface area (Å²) in [5, 5.41) is 0.654. The van der Waals surface area contributed by atoms with Crippen molar-refractivity contribution in [2.24, 2.45) is 0 Å². The monoisotopic (exact) mass is 466 g/mol. The lowest BCUT2D eigenvalue weighted by Crippen LogP contribution is -2.44. The molecule has 0 saturated carbocycles. The highest BCUT2D eigenvalue weighted by Crippen LogP contribution is 2.33. The van der Waals surface area contributed by atoms with E-state index in [1.165, 1.54) is 15.9 Å². The van der Waals surface area contributed by atoms with Gasteiger partial charge in [0.2, 0.25) is 5.91 Å². The topological polar surface area (TPSA) is 80.8 Å². The van der Waals surface area contributed by atoms with Gasteiger partial charge >= 0.3 is 5.76 Å². The molecule has 1 saturated heterocycles. The van der Waals surface area contributed by atoms with Gasteiger partial charge in [-0.2, -0.15) is 0 Å². The van der Waals surface area contributed by atoms with Crippen LogP contribution >= 0.6 is 11.3 Å². The molecule has 3 heterocycles. The number of amides is 1. The molecule has 0 aliphatic carbocycles. The summed E-state index contributed by atoms with van der Waals surface area (Å²) < 4.78 is 13.2. The van der Waals surface area contributed by atoms with Crippen LogP contribution in [0, 0.1) is 13.8 Å². The molecule has 172 valence electrons. The van der Waals surface area contributed by atoms with Crippen LogP contribution < -0.4 is 10.7 Å². The van der Waals surface area contributed by atoms with Crippen molar-refractivity contribution in [1.82, 2.24) is 14.5 Å². The van der Waals surface area contributed by atoms with Crippen LogP contribution in [-0.2, 0) is 16.1 Å². The van der Waals surface area contributed by atoms with Gasteiger partial charge in [-0.15, -0.1) is 0 Å². The number of aryl methyl sites for hydroxylation is 2. The van der Waals surface area contributed by atoms with Crippen molar-refractivity contribution >= 4 is 43.7 Å². The summed E-state index contributed by atoms with van der Waals surface area (Å²) in [7, 11) is 0. The minimum atomic E-state index is -0.534. The number of hydrogen-bond acceptors (Lipinski definition) is 7. The fraction of sp³-hybridized carbons (Fsp3) is 0.375. The lowest BCUT2D eigenvalue weighted by molar-refractivity contribution is -0.119. The predicted molar refractivity (Wildman–Crippen MR) is 129 cm³/mol. The van der Waals surface area contributed by atoms with Crippen molar-refractivity contribution in [3.8, 4) is 0 Å². The highest BCUT2D eigenvalue weighted by molar-refractivity contribution is 7.22. The zero-order valence-electron chi connectivity index (χ0n) is 18.7. The second-order valence-corrected chi connectivity index (χ2v) is 9.27. The maximum absolute atomic E-state index is 13.6. The van der Waals surface area contributed by atoms with E-state index in [-0.39, 0.29) is 12.5 Å². The highest BCUT2D eigenvalue weighted by atomic mass is 32.1. The smallest absolute Gasteiger partial charge is 0.408 e. The fourth-order valence-electron chi connectivity index (χ4n) is 4.14. The molecule has 1 amide bonds. The van der Waals surface area contributed by atoms with E-state index >= 15 is 0 Å². The number of morpholine rings is 1. The molecule has 2 aromatic heterocycles. The summed E-state index contributed by atoms with van der Waals surface area (Å²) >= 11 is 1.52. The van der Waals surface area contributed by atoms with E-state index in [4.69, 9.17) is 14.1 Å². The Morgan fingerprint density at radius 3 is 2.67 bits per heavy atom. The number of carbonyl (C=O) groups is 1. The van der Waals surface area contributed by atoms with Gasteiger partial charge in [-0.05, 0) is 37.1 Å². The lowest BCUT2D eigenvalue weighted by atomic mass is 10.1. The van der Waals surface area contributed by atoms with Crippen LogP contribution in [0.3, 0.4) is 0 Å². The van der Waals surface area contributed by atoms with Gasteiger partial charge in [-0.3, -0.25) is 19.2 Å². The van der Waals surface area contributed by atoms with Crippen LogP contribution in [0.5, 0.6) is 0 Å². The average Bonchev–Trinajstić information content (AvgIpc) is 3.40. The number of ether oxygens (including phenoxy) is 1. The first-order valence-corrected chi connectivity index (χ1v) is 11.9. The van der Waals surface area contributed by atoms with Crippen molar-refractivity contribution in [2.45, 2.75) is 20.4 Å². The Bertz CT molecular complexity index is 1330. The summed E-state index contributed by atoms with van der Waals surface area (Å²) in [6, 6.07) is 11.3. The number of thiazole rings is 1. The molecule has 0 radical (unpaired) electrons. The van der Waals surface area contributed by atoms with Crippen molar-refractivity contribution < 1.29 is 13.9 Å². The fourth-order valence-corrected chi connectivity index (χ4v) is 5.30. The third-order valence-corrected chi connectivity index (χ3v) is 7.29. The van der Waals surface area contributed by atoms with Gasteiger partial charge in [0.15, 0.2) is 10.7 Å². The third kappa shape index (κ3) is 4.31.